The van der Waals surface area contributed by atoms with Crippen molar-refractivity contribution >= 4 is 11.6 Å². The minimum absolute atomic E-state index is 0.127. The molecule has 1 atom stereocenters. The van der Waals surface area contributed by atoms with E-state index in [9.17, 15) is 4.79 Å². The van der Waals surface area contributed by atoms with Crippen molar-refractivity contribution in [3.63, 3.8) is 0 Å². The Bertz CT molecular complexity index is 475. The van der Waals surface area contributed by atoms with Crippen molar-refractivity contribution in [1.29, 1.82) is 5.26 Å². The van der Waals surface area contributed by atoms with Crippen LogP contribution in [0.15, 0.2) is 30.3 Å². The van der Waals surface area contributed by atoms with Crippen molar-refractivity contribution in [2.24, 2.45) is 5.92 Å². The molecule has 0 aliphatic carbocycles. The first kappa shape index (κ1) is 15.5. The van der Waals surface area contributed by atoms with Gasteiger partial charge < -0.3 is 10.2 Å². The number of nitrogens with zero attached hydrogens (tertiary/aromatic N) is 2. The Morgan fingerprint density at radius 1 is 1.38 bits per heavy atom. The third-order valence-electron chi connectivity index (χ3n) is 3.98. The first-order valence-corrected chi connectivity index (χ1v) is 7.74. The molecule has 1 aliphatic rings. The molecule has 0 saturated carbocycles. The van der Waals surface area contributed by atoms with Crippen LogP contribution in [0.5, 0.6) is 0 Å². The summed E-state index contributed by atoms with van der Waals surface area (Å²) < 4.78 is 0. The van der Waals surface area contributed by atoms with Crippen LogP contribution >= 0.6 is 0 Å². The molecule has 0 radical (unpaired) electrons. The lowest BCUT2D eigenvalue weighted by Gasteiger charge is -2.25. The molecule has 1 fully saturated rings. The summed E-state index contributed by atoms with van der Waals surface area (Å²) >= 11 is 0. The Morgan fingerprint density at radius 2 is 2.19 bits per heavy atom. The van der Waals surface area contributed by atoms with Crippen LogP contribution in [0.3, 0.4) is 0 Å². The van der Waals surface area contributed by atoms with Gasteiger partial charge in [0.05, 0.1) is 12.5 Å². The largest absolute Gasteiger partial charge is 0.316 e. The van der Waals surface area contributed by atoms with Crippen LogP contribution in [0, 0.1) is 17.2 Å². The van der Waals surface area contributed by atoms with Crippen molar-refractivity contribution in [3.05, 3.63) is 30.3 Å². The molecule has 4 nitrogen and oxygen atoms in total. The Morgan fingerprint density at radius 3 is 2.86 bits per heavy atom. The van der Waals surface area contributed by atoms with E-state index in [1.54, 1.807) is 4.90 Å². The van der Waals surface area contributed by atoms with Gasteiger partial charge in [-0.05, 0) is 50.4 Å². The smallest absolute Gasteiger partial charge is 0.227 e. The second kappa shape index (κ2) is 8.43. The van der Waals surface area contributed by atoms with E-state index in [4.69, 9.17) is 5.26 Å². The van der Waals surface area contributed by atoms with Gasteiger partial charge in [0, 0.05) is 18.7 Å². The number of nitriles is 1. The van der Waals surface area contributed by atoms with Gasteiger partial charge in [-0.25, -0.2) is 0 Å². The lowest BCUT2D eigenvalue weighted by molar-refractivity contribution is -0.118. The number of hydrogen-bond donors (Lipinski definition) is 1. The first-order valence-electron chi connectivity index (χ1n) is 7.74. The SMILES string of the molecule is N#CCCN(C(=O)CCC1CCCNC1)c1ccccc1. The zero-order valence-electron chi connectivity index (χ0n) is 12.4. The van der Waals surface area contributed by atoms with Gasteiger partial charge in [-0.3, -0.25) is 4.79 Å². The van der Waals surface area contributed by atoms with Gasteiger partial charge in [-0.1, -0.05) is 18.2 Å². The summed E-state index contributed by atoms with van der Waals surface area (Å²) in [6.07, 6.45) is 4.28. The van der Waals surface area contributed by atoms with E-state index in [0.717, 1.165) is 25.2 Å². The molecular formula is C17H23N3O. The molecule has 21 heavy (non-hydrogen) atoms. The van der Waals surface area contributed by atoms with Crippen molar-refractivity contribution in [1.82, 2.24) is 5.32 Å². The van der Waals surface area contributed by atoms with E-state index in [-0.39, 0.29) is 5.91 Å². The molecule has 1 aromatic rings. The molecule has 112 valence electrons. The van der Waals surface area contributed by atoms with Gasteiger partial charge in [-0.15, -0.1) is 0 Å². The molecule has 1 aromatic carbocycles. The highest BCUT2D eigenvalue weighted by Crippen LogP contribution is 2.19. The predicted molar refractivity (Wildman–Crippen MR) is 83.9 cm³/mol. The van der Waals surface area contributed by atoms with E-state index >= 15 is 0 Å². The second-order valence-electron chi connectivity index (χ2n) is 5.54. The topological polar surface area (TPSA) is 56.1 Å². The molecule has 1 aliphatic heterocycles. The van der Waals surface area contributed by atoms with E-state index in [0.29, 0.717) is 25.3 Å². The molecule has 0 aromatic heterocycles. The average Bonchev–Trinajstić information content (AvgIpc) is 2.55. The molecule has 1 heterocycles. The van der Waals surface area contributed by atoms with Gasteiger partial charge in [0.25, 0.3) is 0 Å². The zero-order valence-corrected chi connectivity index (χ0v) is 12.4. The van der Waals surface area contributed by atoms with Crippen molar-refractivity contribution < 1.29 is 4.79 Å². The molecule has 1 unspecified atom stereocenters. The van der Waals surface area contributed by atoms with Gasteiger partial charge in [-0.2, -0.15) is 5.26 Å². The number of piperidine rings is 1. The summed E-state index contributed by atoms with van der Waals surface area (Å²) in [6.45, 7) is 2.60. The molecule has 1 N–H and O–H groups in total. The molecule has 1 saturated heterocycles. The molecule has 4 heteroatoms. The second-order valence-corrected chi connectivity index (χ2v) is 5.54. The van der Waals surface area contributed by atoms with Crippen LogP contribution in [0.1, 0.15) is 32.1 Å². The third-order valence-corrected chi connectivity index (χ3v) is 3.98. The van der Waals surface area contributed by atoms with Gasteiger partial charge in [0.1, 0.15) is 0 Å². The van der Waals surface area contributed by atoms with Crippen molar-refractivity contribution in [2.75, 3.05) is 24.5 Å². The Hall–Kier alpha value is -1.86. The van der Waals surface area contributed by atoms with Crippen LogP contribution in [0.4, 0.5) is 5.69 Å². The van der Waals surface area contributed by atoms with Crippen LogP contribution in [0.2, 0.25) is 0 Å². The number of carbonyl (C=O) groups excluding carboxylic acids is 1. The van der Waals surface area contributed by atoms with Gasteiger partial charge in [0.15, 0.2) is 0 Å². The molecule has 1 amide bonds. The third kappa shape index (κ3) is 4.87. The quantitative estimate of drug-likeness (QED) is 0.874. The number of benzene rings is 1. The number of amides is 1. The molecule has 0 bridgehead atoms. The maximum absolute atomic E-state index is 12.5. The van der Waals surface area contributed by atoms with Crippen LogP contribution < -0.4 is 10.2 Å². The average molecular weight is 285 g/mol. The minimum Gasteiger partial charge on any atom is -0.316 e. The Kier molecular flexibility index (Phi) is 6.23. The highest BCUT2D eigenvalue weighted by Gasteiger charge is 2.18. The number of hydrogen-bond acceptors (Lipinski definition) is 3. The summed E-state index contributed by atoms with van der Waals surface area (Å²) in [7, 11) is 0. The molecule has 0 spiro atoms. The maximum atomic E-state index is 12.5. The van der Waals surface area contributed by atoms with Crippen LogP contribution in [-0.4, -0.2) is 25.5 Å². The number of rotatable bonds is 6. The van der Waals surface area contributed by atoms with E-state index < -0.39 is 0 Å². The van der Waals surface area contributed by atoms with Crippen LogP contribution in [0.25, 0.3) is 0 Å². The monoisotopic (exact) mass is 285 g/mol. The summed E-state index contributed by atoms with van der Waals surface area (Å²) in [6, 6.07) is 11.8. The van der Waals surface area contributed by atoms with E-state index in [2.05, 4.69) is 11.4 Å². The van der Waals surface area contributed by atoms with Gasteiger partial charge >= 0.3 is 0 Å². The summed E-state index contributed by atoms with van der Waals surface area (Å²) in [5.41, 5.74) is 0.888. The lowest BCUT2D eigenvalue weighted by atomic mass is 9.94. The normalized spacial score (nSPS) is 18.0. The first-order chi connectivity index (χ1) is 10.3. The maximum Gasteiger partial charge on any atom is 0.227 e. The fourth-order valence-electron chi connectivity index (χ4n) is 2.80. The predicted octanol–water partition coefficient (Wildman–Crippen LogP) is 2.71. The number of para-hydroxylation sites is 1. The fraction of sp³-hybridized carbons (Fsp3) is 0.529. The standard InChI is InChI=1S/C17H23N3O/c18-11-5-13-20(16-7-2-1-3-8-16)17(21)10-9-15-6-4-12-19-14-15/h1-3,7-8,15,19H,4-6,9-10,12-14H2. The number of nitrogens with one attached hydrogen (secondary N) is 1. The summed E-state index contributed by atoms with van der Waals surface area (Å²) in [5.74, 6) is 0.735. The van der Waals surface area contributed by atoms with Gasteiger partial charge in [0.2, 0.25) is 5.91 Å². The highest BCUT2D eigenvalue weighted by molar-refractivity contribution is 5.93. The summed E-state index contributed by atoms with van der Waals surface area (Å²) in [4.78, 5) is 14.2. The summed E-state index contributed by atoms with van der Waals surface area (Å²) in [5, 5.41) is 12.2. The Balaban J connectivity index is 1.92. The molecule has 2 rings (SSSR count). The molecular weight excluding hydrogens is 262 g/mol. The van der Waals surface area contributed by atoms with E-state index in [1.165, 1.54) is 12.8 Å². The number of anilines is 1. The number of carbonyl (C=O) groups is 1. The fourth-order valence-corrected chi connectivity index (χ4v) is 2.80. The minimum atomic E-state index is 0.127. The Labute approximate surface area is 126 Å². The van der Waals surface area contributed by atoms with Crippen molar-refractivity contribution in [2.45, 2.75) is 32.1 Å². The zero-order chi connectivity index (χ0) is 14.9. The highest BCUT2D eigenvalue weighted by atomic mass is 16.2. The van der Waals surface area contributed by atoms with Crippen molar-refractivity contribution in [3.8, 4) is 6.07 Å². The van der Waals surface area contributed by atoms with E-state index in [1.807, 2.05) is 30.3 Å². The van der Waals surface area contributed by atoms with Crippen LogP contribution in [-0.2, 0) is 4.79 Å². The lowest BCUT2D eigenvalue weighted by Crippen LogP contribution is -2.34.